The summed E-state index contributed by atoms with van der Waals surface area (Å²) in [5.41, 5.74) is 1.15. The summed E-state index contributed by atoms with van der Waals surface area (Å²) < 4.78 is 0.684. The molecule has 0 aromatic heterocycles. The number of hydrogen-bond donors (Lipinski definition) is 2. The molecular formula is C19H15BrN2O4. The van der Waals surface area contributed by atoms with Gasteiger partial charge in [0.2, 0.25) is 11.8 Å². The Balaban J connectivity index is 1.99. The molecule has 1 heterocycles. The summed E-state index contributed by atoms with van der Waals surface area (Å²) in [6.07, 6.45) is -0.0493. The van der Waals surface area contributed by atoms with E-state index in [1.54, 1.807) is 54.6 Å². The van der Waals surface area contributed by atoms with Crippen LogP contribution in [0, 0.1) is 5.92 Å². The van der Waals surface area contributed by atoms with Crippen molar-refractivity contribution in [3.63, 3.8) is 0 Å². The van der Waals surface area contributed by atoms with Crippen LogP contribution in [0.5, 0.6) is 0 Å². The molecule has 0 bridgehead atoms. The van der Waals surface area contributed by atoms with Gasteiger partial charge in [0.25, 0.3) is 0 Å². The lowest BCUT2D eigenvalue weighted by Crippen LogP contribution is -2.57. The Hall–Kier alpha value is -2.80. The lowest BCUT2D eigenvalue weighted by molar-refractivity contribution is -0.136. The second-order valence-electron chi connectivity index (χ2n) is 5.91. The van der Waals surface area contributed by atoms with Gasteiger partial charge in [0, 0.05) is 22.4 Å². The molecule has 1 fully saturated rings. The minimum atomic E-state index is -1.18. The van der Waals surface area contributed by atoms with Crippen molar-refractivity contribution in [3.05, 3.63) is 70.2 Å². The summed E-state index contributed by atoms with van der Waals surface area (Å²) in [6, 6.07) is 14.9. The van der Waals surface area contributed by atoms with Crippen LogP contribution in [0.25, 0.3) is 0 Å². The molecular weight excluding hydrogens is 400 g/mol. The highest BCUT2D eigenvalue weighted by molar-refractivity contribution is 9.10. The lowest BCUT2D eigenvalue weighted by Gasteiger charge is -2.28. The number of benzene rings is 2. The second-order valence-corrected chi connectivity index (χ2v) is 6.76. The number of hydrogen-bond acceptors (Lipinski definition) is 4. The quantitative estimate of drug-likeness (QED) is 0.580. The van der Waals surface area contributed by atoms with Gasteiger partial charge in [0.15, 0.2) is 5.78 Å². The van der Waals surface area contributed by atoms with Crippen molar-refractivity contribution < 1.29 is 19.2 Å². The van der Waals surface area contributed by atoms with E-state index >= 15 is 0 Å². The molecule has 3 rings (SSSR count). The minimum absolute atomic E-state index is 0.0493. The molecule has 0 saturated carbocycles. The van der Waals surface area contributed by atoms with E-state index in [-0.39, 0.29) is 12.2 Å². The highest BCUT2D eigenvalue weighted by atomic mass is 79.9. The molecule has 0 aliphatic carbocycles. The standard InChI is InChI=1S/C19H15BrN2O4/c20-14-9-5-4-8-12(14)13(10-15(23)11-6-2-1-3-7-11)16-17(24)21-19(26)22-18(16)25/h1-9,13,16H,10H2,(H2,21,22,24,25,26)/t13-/m0/s1. The normalized spacial score (nSPS) is 16.0. The van der Waals surface area contributed by atoms with Crippen molar-refractivity contribution in [1.29, 1.82) is 0 Å². The maximum Gasteiger partial charge on any atom is 0.328 e. The van der Waals surface area contributed by atoms with E-state index in [2.05, 4.69) is 26.6 Å². The molecule has 0 unspecified atom stereocenters. The Morgan fingerprint density at radius 2 is 1.50 bits per heavy atom. The zero-order valence-electron chi connectivity index (χ0n) is 13.6. The molecule has 4 amide bonds. The fourth-order valence-electron chi connectivity index (χ4n) is 3.02. The Morgan fingerprint density at radius 3 is 2.12 bits per heavy atom. The van der Waals surface area contributed by atoms with Gasteiger partial charge in [0.05, 0.1) is 0 Å². The average molecular weight is 415 g/mol. The first-order chi connectivity index (χ1) is 12.5. The number of ketones is 1. The van der Waals surface area contributed by atoms with Gasteiger partial charge in [-0.2, -0.15) is 0 Å². The van der Waals surface area contributed by atoms with Crippen LogP contribution in [0.1, 0.15) is 28.3 Å². The van der Waals surface area contributed by atoms with Crippen LogP contribution in [-0.4, -0.2) is 23.6 Å². The van der Waals surface area contributed by atoms with Crippen molar-refractivity contribution >= 4 is 39.6 Å². The fraction of sp³-hybridized carbons (Fsp3) is 0.158. The third kappa shape index (κ3) is 3.72. The van der Waals surface area contributed by atoms with Gasteiger partial charge in [0.1, 0.15) is 5.92 Å². The molecule has 26 heavy (non-hydrogen) atoms. The average Bonchev–Trinajstić information content (AvgIpc) is 2.61. The number of carbonyl (C=O) groups excluding carboxylic acids is 4. The van der Waals surface area contributed by atoms with E-state index in [1.807, 2.05) is 0 Å². The summed E-state index contributed by atoms with van der Waals surface area (Å²) in [7, 11) is 0. The first kappa shape index (κ1) is 18.0. The molecule has 1 atom stereocenters. The summed E-state index contributed by atoms with van der Waals surface area (Å²) >= 11 is 3.42. The van der Waals surface area contributed by atoms with Crippen LogP contribution in [0.15, 0.2) is 59.1 Å². The van der Waals surface area contributed by atoms with E-state index in [9.17, 15) is 19.2 Å². The Kier molecular flexibility index (Phi) is 5.27. The number of carbonyl (C=O) groups is 4. The number of amides is 4. The van der Waals surface area contributed by atoms with Crippen LogP contribution in [-0.2, 0) is 9.59 Å². The molecule has 132 valence electrons. The van der Waals surface area contributed by atoms with Crippen LogP contribution in [0.2, 0.25) is 0 Å². The smallest absolute Gasteiger partial charge is 0.294 e. The van der Waals surface area contributed by atoms with Gasteiger partial charge in [-0.3, -0.25) is 25.0 Å². The topological polar surface area (TPSA) is 92.3 Å². The van der Waals surface area contributed by atoms with Crippen LogP contribution < -0.4 is 10.6 Å². The molecule has 0 spiro atoms. The third-order valence-corrected chi connectivity index (χ3v) is 4.97. The van der Waals surface area contributed by atoms with Crippen molar-refractivity contribution in [2.75, 3.05) is 0 Å². The predicted octanol–water partition coefficient (Wildman–Crippen LogP) is 2.79. The molecule has 7 heteroatoms. The largest absolute Gasteiger partial charge is 0.328 e. The van der Waals surface area contributed by atoms with Crippen molar-refractivity contribution in [2.24, 2.45) is 5.92 Å². The molecule has 1 saturated heterocycles. The van der Waals surface area contributed by atoms with Gasteiger partial charge in [-0.05, 0) is 11.6 Å². The van der Waals surface area contributed by atoms with E-state index < -0.39 is 29.7 Å². The van der Waals surface area contributed by atoms with E-state index in [1.165, 1.54) is 0 Å². The Morgan fingerprint density at radius 1 is 0.923 bits per heavy atom. The highest BCUT2D eigenvalue weighted by Crippen LogP contribution is 2.35. The van der Waals surface area contributed by atoms with Crippen LogP contribution >= 0.6 is 15.9 Å². The second kappa shape index (κ2) is 7.61. The maximum absolute atomic E-state index is 12.7. The van der Waals surface area contributed by atoms with E-state index in [0.29, 0.717) is 15.6 Å². The van der Waals surface area contributed by atoms with Gasteiger partial charge in [-0.15, -0.1) is 0 Å². The summed E-state index contributed by atoms with van der Waals surface area (Å²) in [4.78, 5) is 48.8. The van der Waals surface area contributed by atoms with Crippen molar-refractivity contribution in [3.8, 4) is 0 Å². The molecule has 1 aliphatic heterocycles. The van der Waals surface area contributed by atoms with Gasteiger partial charge < -0.3 is 0 Å². The first-order valence-corrected chi connectivity index (χ1v) is 8.75. The Bertz CT molecular complexity index is 862. The molecule has 2 aromatic carbocycles. The van der Waals surface area contributed by atoms with Gasteiger partial charge in [-0.1, -0.05) is 64.5 Å². The van der Waals surface area contributed by atoms with Crippen LogP contribution in [0.3, 0.4) is 0 Å². The molecule has 1 aliphatic rings. The summed E-state index contributed by atoms with van der Waals surface area (Å²) in [6.45, 7) is 0. The Labute approximate surface area is 158 Å². The predicted molar refractivity (Wildman–Crippen MR) is 97.4 cm³/mol. The van der Waals surface area contributed by atoms with Gasteiger partial charge in [-0.25, -0.2) is 4.79 Å². The zero-order valence-corrected chi connectivity index (χ0v) is 15.2. The highest BCUT2D eigenvalue weighted by Gasteiger charge is 2.42. The van der Waals surface area contributed by atoms with E-state index in [4.69, 9.17) is 0 Å². The van der Waals surface area contributed by atoms with Crippen molar-refractivity contribution in [1.82, 2.24) is 10.6 Å². The molecule has 0 radical (unpaired) electrons. The fourth-order valence-corrected chi connectivity index (χ4v) is 3.60. The number of imide groups is 2. The summed E-state index contributed by atoms with van der Waals surface area (Å²) in [5.74, 6) is -3.50. The number of Topliss-reactive ketones (excluding diaryl/α,β-unsaturated/α-hetero) is 1. The monoisotopic (exact) mass is 414 g/mol. The molecule has 6 nitrogen and oxygen atoms in total. The van der Waals surface area contributed by atoms with Crippen LogP contribution in [0.4, 0.5) is 4.79 Å². The zero-order chi connectivity index (χ0) is 18.7. The minimum Gasteiger partial charge on any atom is -0.294 e. The maximum atomic E-state index is 12.7. The number of barbiturate groups is 1. The number of rotatable bonds is 5. The van der Waals surface area contributed by atoms with E-state index in [0.717, 1.165) is 0 Å². The van der Waals surface area contributed by atoms with Crippen molar-refractivity contribution in [2.45, 2.75) is 12.3 Å². The lowest BCUT2D eigenvalue weighted by atomic mass is 9.79. The van der Waals surface area contributed by atoms with Gasteiger partial charge >= 0.3 is 6.03 Å². The summed E-state index contributed by atoms with van der Waals surface area (Å²) in [5, 5.41) is 4.21. The first-order valence-electron chi connectivity index (χ1n) is 7.95. The third-order valence-electron chi connectivity index (χ3n) is 4.25. The number of urea groups is 1. The number of halogens is 1. The molecule has 2 aromatic rings. The SMILES string of the molecule is O=C1NC(=O)C([C@@H](CC(=O)c2ccccc2)c2ccccc2Br)C(=O)N1. The number of nitrogens with one attached hydrogen (secondary N) is 2. The molecule has 2 N–H and O–H groups in total.